The van der Waals surface area contributed by atoms with Gasteiger partial charge in [-0.3, -0.25) is 4.79 Å². The zero-order chi connectivity index (χ0) is 16.9. The van der Waals surface area contributed by atoms with Gasteiger partial charge in [-0.1, -0.05) is 12.1 Å². The number of ketones is 1. The Kier molecular flexibility index (Phi) is 4.82. The molecule has 0 N–H and O–H groups in total. The molecular formula is C19H18O5. The second-order valence-corrected chi connectivity index (χ2v) is 5.27. The highest BCUT2D eigenvalue weighted by atomic mass is 16.7. The van der Waals surface area contributed by atoms with Gasteiger partial charge in [0.25, 0.3) is 0 Å². The molecule has 1 heterocycles. The third-order valence-corrected chi connectivity index (χ3v) is 3.69. The summed E-state index contributed by atoms with van der Waals surface area (Å²) in [5.74, 6) is 1.92. The Bertz CT molecular complexity index is 779. The van der Waals surface area contributed by atoms with Gasteiger partial charge in [-0.15, -0.1) is 0 Å². The normalized spacial score (nSPS) is 12.6. The van der Waals surface area contributed by atoms with Crippen LogP contribution in [0.2, 0.25) is 0 Å². The minimum Gasteiger partial charge on any atom is -0.496 e. The Morgan fingerprint density at radius 1 is 1.12 bits per heavy atom. The van der Waals surface area contributed by atoms with E-state index in [1.165, 1.54) is 6.08 Å². The number of rotatable bonds is 6. The van der Waals surface area contributed by atoms with Crippen molar-refractivity contribution in [2.45, 2.75) is 6.61 Å². The summed E-state index contributed by atoms with van der Waals surface area (Å²) in [6, 6.07) is 10.9. The fourth-order valence-electron chi connectivity index (χ4n) is 2.49. The predicted molar refractivity (Wildman–Crippen MR) is 89.6 cm³/mol. The number of hydrogen-bond acceptors (Lipinski definition) is 5. The summed E-state index contributed by atoms with van der Waals surface area (Å²) >= 11 is 0. The molecule has 1 aliphatic heterocycles. The molecule has 0 fully saturated rings. The van der Waals surface area contributed by atoms with Crippen LogP contribution in [0.4, 0.5) is 0 Å². The van der Waals surface area contributed by atoms with Crippen molar-refractivity contribution in [3.8, 4) is 17.2 Å². The third kappa shape index (κ3) is 3.41. The van der Waals surface area contributed by atoms with Crippen LogP contribution in [-0.2, 0) is 11.3 Å². The second kappa shape index (κ2) is 7.19. The lowest BCUT2D eigenvalue weighted by Gasteiger charge is -2.08. The van der Waals surface area contributed by atoms with E-state index < -0.39 is 0 Å². The van der Waals surface area contributed by atoms with Gasteiger partial charge in [0.1, 0.15) is 5.75 Å². The van der Waals surface area contributed by atoms with E-state index in [-0.39, 0.29) is 12.6 Å². The van der Waals surface area contributed by atoms with E-state index in [0.29, 0.717) is 23.7 Å². The van der Waals surface area contributed by atoms with Crippen LogP contribution in [0.15, 0.2) is 42.5 Å². The molecule has 2 aromatic carbocycles. The summed E-state index contributed by atoms with van der Waals surface area (Å²) in [6.07, 6.45) is 3.31. The molecule has 124 valence electrons. The summed E-state index contributed by atoms with van der Waals surface area (Å²) < 4.78 is 21.0. The van der Waals surface area contributed by atoms with Crippen molar-refractivity contribution in [3.63, 3.8) is 0 Å². The van der Waals surface area contributed by atoms with E-state index >= 15 is 0 Å². The predicted octanol–water partition coefficient (Wildman–Crippen LogP) is 3.47. The van der Waals surface area contributed by atoms with Gasteiger partial charge in [0.05, 0.1) is 13.7 Å². The van der Waals surface area contributed by atoms with Gasteiger partial charge in [0, 0.05) is 18.2 Å². The van der Waals surface area contributed by atoms with Crippen molar-refractivity contribution in [2.75, 3.05) is 21.0 Å². The molecule has 0 atom stereocenters. The fraction of sp³-hybridized carbons (Fsp3) is 0.211. The molecule has 1 aliphatic rings. The standard InChI is InChI=1S/C19H18O5/c1-21-11-15-9-13(4-7-17(15)22-2)3-6-16(20)14-5-8-18-19(10-14)24-12-23-18/h3-10H,11-12H2,1-2H3. The molecule has 0 saturated carbocycles. The zero-order valence-electron chi connectivity index (χ0n) is 13.6. The maximum atomic E-state index is 12.3. The van der Waals surface area contributed by atoms with Crippen molar-refractivity contribution >= 4 is 11.9 Å². The van der Waals surface area contributed by atoms with Gasteiger partial charge in [0.15, 0.2) is 17.3 Å². The number of methoxy groups -OCH3 is 2. The highest BCUT2D eigenvalue weighted by Gasteiger charge is 2.15. The molecule has 5 nitrogen and oxygen atoms in total. The molecule has 0 aliphatic carbocycles. The number of carbonyl (C=O) groups is 1. The number of carbonyl (C=O) groups excluding carboxylic acids is 1. The summed E-state index contributed by atoms with van der Waals surface area (Å²) in [7, 11) is 3.25. The summed E-state index contributed by atoms with van der Waals surface area (Å²) in [5.41, 5.74) is 2.38. The number of hydrogen-bond donors (Lipinski definition) is 0. The van der Waals surface area contributed by atoms with Crippen LogP contribution >= 0.6 is 0 Å². The molecule has 0 saturated heterocycles. The lowest BCUT2D eigenvalue weighted by atomic mass is 10.1. The maximum Gasteiger partial charge on any atom is 0.231 e. The van der Waals surface area contributed by atoms with Crippen LogP contribution in [0.25, 0.3) is 6.08 Å². The van der Waals surface area contributed by atoms with Crippen LogP contribution < -0.4 is 14.2 Å². The van der Waals surface area contributed by atoms with Crippen molar-refractivity contribution in [1.29, 1.82) is 0 Å². The van der Waals surface area contributed by atoms with E-state index in [9.17, 15) is 4.79 Å². The molecule has 24 heavy (non-hydrogen) atoms. The molecule has 2 aromatic rings. The van der Waals surface area contributed by atoms with E-state index in [0.717, 1.165) is 16.9 Å². The maximum absolute atomic E-state index is 12.3. The van der Waals surface area contributed by atoms with Gasteiger partial charge in [0.2, 0.25) is 6.79 Å². The van der Waals surface area contributed by atoms with Crippen LogP contribution in [0.3, 0.4) is 0 Å². The van der Waals surface area contributed by atoms with Gasteiger partial charge in [-0.25, -0.2) is 0 Å². The average Bonchev–Trinajstić information content (AvgIpc) is 3.08. The molecule has 0 aromatic heterocycles. The first-order chi connectivity index (χ1) is 11.7. The quantitative estimate of drug-likeness (QED) is 0.601. The summed E-state index contributed by atoms with van der Waals surface area (Å²) in [5, 5.41) is 0. The number of fused-ring (bicyclic) bond motifs is 1. The SMILES string of the molecule is COCc1cc(C=CC(=O)c2ccc3c(c2)OCO3)ccc1OC. The zero-order valence-corrected chi connectivity index (χ0v) is 13.6. The van der Waals surface area contributed by atoms with Crippen molar-refractivity contribution in [1.82, 2.24) is 0 Å². The lowest BCUT2D eigenvalue weighted by Crippen LogP contribution is -1.96. The molecule has 3 rings (SSSR count). The highest BCUT2D eigenvalue weighted by Crippen LogP contribution is 2.32. The van der Waals surface area contributed by atoms with Gasteiger partial charge in [-0.05, 0) is 42.0 Å². The summed E-state index contributed by atoms with van der Waals surface area (Å²) in [6.45, 7) is 0.637. The smallest absolute Gasteiger partial charge is 0.231 e. The Morgan fingerprint density at radius 3 is 2.75 bits per heavy atom. The number of benzene rings is 2. The van der Waals surface area contributed by atoms with Crippen LogP contribution in [-0.4, -0.2) is 26.8 Å². The minimum atomic E-state index is -0.0996. The first-order valence-corrected chi connectivity index (χ1v) is 7.49. The lowest BCUT2D eigenvalue weighted by molar-refractivity contribution is 0.104. The molecule has 0 spiro atoms. The van der Waals surface area contributed by atoms with Crippen molar-refractivity contribution < 1.29 is 23.7 Å². The van der Waals surface area contributed by atoms with Crippen LogP contribution in [0.5, 0.6) is 17.2 Å². The molecular weight excluding hydrogens is 308 g/mol. The van der Waals surface area contributed by atoms with Gasteiger partial charge < -0.3 is 18.9 Å². The Hall–Kier alpha value is -2.79. The third-order valence-electron chi connectivity index (χ3n) is 3.69. The first kappa shape index (κ1) is 16.1. The van der Waals surface area contributed by atoms with Gasteiger partial charge >= 0.3 is 0 Å². The van der Waals surface area contributed by atoms with E-state index in [4.69, 9.17) is 18.9 Å². The van der Waals surface area contributed by atoms with Crippen molar-refractivity contribution in [2.24, 2.45) is 0 Å². The van der Waals surface area contributed by atoms with E-state index in [2.05, 4.69) is 0 Å². The van der Waals surface area contributed by atoms with Gasteiger partial charge in [-0.2, -0.15) is 0 Å². The van der Waals surface area contributed by atoms with Crippen molar-refractivity contribution in [3.05, 3.63) is 59.2 Å². The molecule has 0 bridgehead atoms. The Balaban J connectivity index is 1.77. The number of ether oxygens (including phenoxy) is 4. The molecule has 0 amide bonds. The molecule has 0 unspecified atom stereocenters. The second-order valence-electron chi connectivity index (χ2n) is 5.27. The topological polar surface area (TPSA) is 54.0 Å². The monoisotopic (exact) mass is 326 g/mol. The fourth-order valence-corrected chi connectivity index (χ4v) is 2.49. The highest BCUT2D eigenvalue weighted by molar-refractivity contribution is 6.07. The minimum absolute atomic E-state index is 0.0996. The Labute approximate surface area is 140 Å². The summed E-state index contributed by atoms with van der Waals surface area (Å²) in [4.78, 5) is 12.3. The van der Waals surface area contributed by atoms with E-state index in [1.807, 2.05) is 18.2 Å². The first-order valence-electron chi connectivity index (χ1n) is 7.49. The largest absolute Gasteiger partial charge is 0.496 e. The van der Waals surface area contributed by atoms with Crippen LogP contribution in [0.1, 0.15) is 21.5 Å². The van der Waals surface area contributed by atoms with Crippen LogP contribution in [0, 0.1) is 0 Å². The van der Waals surface area contributed by atoms with E-state index in [1.54, 1.807) is 38.5 Å². The molecule has 5 heteroatoms. The Morgan fingerprint density at radius 2 is 1.96 bits per heavy atom. The number of allylic oxidation sites excluding steroid dienone is 1. The average molecular weight is 326 g/mol. The molecule has 0 radical (unpaired) electrons.